The molecule has 146 valence electrons. The van der Waals surface area contributed by atoms with Crippen molar-refractivity contribution in [3.8, 4) is 0 Å². The van der Waals surface area contributed by atoms with E-state index in [2.05, 4.69) is 47.9 Å². The van der Waals surface area contributed by atoms with Gasteiger partial charge in [0.1, 0.15) is 18.0 Å². The van der Waals surface area contributed by atoms with E-state index in [1.165, 1.54) is 5.69 Å². The second-order valence-electron chi connectivity index (χ2n) is 7.38. The summed E-state index contributed by atoms with van der Waals surface area (Å²) in [5, 5.41) is 1.08. The molecule has 0 radical (unpaired) electrons. The lowest BCUT2D eigenvalue weighted by Gasteiger charge is -2.37. The number of hydrogen-bond donors (Lipinski definition) is 0. The molecule has 0 amide bonds. The SMILES string of the molecule is CN(C)c1nccc(N2CCN(c3ccc4ncnc(N(C)C)c4c3)CC2)n1. The molecule has 1 saturated heterocycles. The van der Waals surface area contributed by atoms with E-state index in [4.69, 9.17) is 0 Å². The number of piperazine rings is 1. The van der Waals surface area contributed by atoms with E-state index in [9.17, 15) is 0 Å². The van der Waals surface area contributed by atoms with Crippen LogP contribution in [0.3, 0.4) is 0 Å². The van der Waals surface area contributed by atoms with Crippen LogP contribution in [0.5, 0.6) is 0 Å². The Hall–Kier alpha value is -3.16. The Bertz CT molecular complexity index is 963. The normalized spacial score (nSPS) is 14.4. The average Bonchev–Trinajstić information content (AvgIpc) is 2.73. The van der Waals surface area contributed by atoms with Crippen LogP contribution in [0.15, 0.2) is 36.8 Å². The lowest BCUT2D eigenvalue weighted by molar-refractivity contribution is 0.647. The number of rotatable bonds is 4. The van der Waals surface area contributed by atoms with Gasteiger partial charge in [0.05, 0.1) is 5.52 Å². The molecular formula is C20H26N8. The molecule has 0 atom stereocenters. The number of fused-ring (bicyclic) bond motifs is 1. The van der Waals surface area contributed by atoms with Crippen molar-refractivity contribution >= 4 is 34.2 Å². The average molecular weight is 378 g/mol. The zero-order valence-corrected chi connectivity index (χ0v) is 16.9. The summed E-state index contributed by atoms with van der Waals surface area (Å²) in [6, 6.07) is 8.42. The minimum absolute atomic E-state index is 0.741. The van der Waals surface area contributed by atoms with Gasteiger partial charge in [-0.05, 0) is 24.3 Å². The van der Waals surface area contributed by atoms with Crippen molar-refractivity contribution in [2.24, 2.45) is 0 Å². The molecule has 1 aromatic carbocycles. The summed E-state index contributed by atoms with van der Waals surface area (Å²) in [7, 11) is 7.94. The number of benzene rings is 1. The van der Waals surface area contributed by atoms with Crippen LogP contribution in [-0.2, 0) is 0 Å². The molecule has 8 heteroatoms. The molecule has 28 heavy (non-hydrogen) atoms. The molecule has 3 heterocycles. The van der Waals surface area contributed by atoms with Gasteiger partial charge in [-0.3, -0.25) is 0 Å². The first-order chi connectivity index (χ1) is 13.5. The van der Waals surface area contributed by atoms with E-state index < -0.39 is 0 Å². The molecule has 3 aromatic rings. The quantitative estimate of drug-likeness (QED) is 0.682. The lowest BCUT2D eigenvalue weighted by Crippen LogP contribution is -2.46. The van der Waals surface area contributed by atoms with Gasteiger partial charge in [-0.25, -0.2) is 15.0 Å². The van der Waals surface area contributed by atoms with Crippen molar-refractivity contribution in [1.29, 1.82) is 0 Å². The fourth-order valence-corrected chi connectivity index (χ4v) is 3.51. The zero-order valence-electron chi connectivity index (χ0n) is 16.9. The van der Waals surface area contributed by atoms with Gasteiger partial charge in [0, 0.05) is 71.6 Å². The van der Waals surface area contributed by atoms with Gasteiger partial charge in [0.25, 0.3) is 0 Å². The molecule has 1 aliphatic heterocycles. The minimum Gasteiger partial charge on any atom is -0.368 e. The van der Waals surface area contributed by atoms with E-state index in [1.807, 2.05) is 50.3 Å². The van der Waals surface area contributed by atoms with Gasteiger partial charge in [0.15, 0.2) is 0 Å². The van der Waals surface area contributed by atoms with Gasteiger partial charge in [-0.2, -0.15) is 4.98 Å². The highest BCUT2D eigenvalue weighted by atomic mass is 15.3. The van der Waals surface area contributed by atoms with E-state index >= 15 is 0 Å². The molecule has 0 N–H and O–H groups in total. The van der Waals surface area contributed by atoms with E-state index in [0.717, 1.165) is 54.7 Å². The minimum atomic E-state index is 0.741. The van der Waals surface area contributed by atoms with Crippen LogP contribution in [0.2, 0.25) is 0 Å². The predicted molar refractivity (Wildman–Crippen MR) is 115 cm³/mol. The molecule has 1 fully saturated rings. The van der Waals surface area contributed by atoms with Crippen LogP contribution in [0.1, 0.15) is 0 Å². The predicted octanol–water partition coefficient (Wildman–Crippen LogP) is 1.88. The number of aromatic nitrogens is 4. The largest absolute Gasteiger partial charge is 0.368 e. The Morgan fingerprint density at radius 1 is 0.821 bits per heavy atom. The third-order valence-corrected chi connectivity index (χ3v) is 5.02. The summed E-state index contributed by atoms with van der Waals surface area (Å²) in [5.74, 6) is 2.67. The number of hydrogen-bond acceptors (Lipinski definition) is 8. The standard InChI is InChI=1S/C20H26N8/c1-25(2)19-16-13-15(5-6-17(16)22-14-23-19)27-9-11-28(12-10-27)18-7-8-21-20(24-18)26(3)4/h5-8,13-14H,9-12H2,1-4H3. The Kier molecular flexibility index (Phi) is 4.85. The van der Waals surface area contributed by atoms with Gasteiger partial charge in [-0.1, -0.05) is 0 Å². The van der Waals surface area contributed by atoms with Gasteiger partial charge < -0.3 is 19.6 Å². The molecule has 8 nitrogen and oxygen atoms in total. The Morgan fingerprint density at radius 3 is 2.29 bits per heavy atom. The Balaban J connectivity index is 1.52. The zero-order chi connectivity index (χ0) is 19.7. The highest BCUT2D eigenvalue weighted by Gasteiger charge is 2.20. The van der Waals surface area contributed by atoms with Gasteiger partial charge >= 0.3 is 0 Å². The summed E-state index contributed by atoms with van der Waals surface area (Å²) in [5.41, 5.74) is 2.18. The highest BCUT2D eigenvalue weighted by molar-refractivity contribution is 5.91. The van der Waals surface area contributed by atoms with Crippen LogP contribution in [0.25, 0.3) is 10.9 Å². The molecule has 2 aromatic heterocycles. The first-order valence-corrected chi connectivity index (χ1v) is 9.45. The summed E-state index contributed by atoms with van der Waals surface area (Å²) in [6.07, 6.45) is 3.45. The number of anilines is 4. The first-order valence-electron chi connectivity index (χ1n) is 9.45. The third kappa shape index (κ3) is 3.49. The van der Waals surface area contributed by atoms with Crippen molar-refractivity contribution in [3.05, 3.63) is 36.8 Å². The summed E-state index contributed by atoms with van der Waals surface area (Å²) >= 11 is 0. The summed E-state index contributed by atoms with van der Waals surface area (Å²) in [4.78, 5) is 26.5. The lowest BCUT2D eigenvalue weighted by atomic mass is 10.1. The van der Waals surface area contributed by atoms with E-state index in [0.29, 0.717) is 0 Å². The van der Waals surface area contributed by atoms with Gasteiger partial charge in [0.2, 0.25) is 5.95 Å². The van der Waals surface area contributed by atoms with E-state index in [-0.39, 0.29) is 0 Å². The maximum absolute atomic E-state index is 4.67. The number of nitrogens with zero attached hydrogens (tertiary/aromatic N) is 8. The monoisotopic (exact) mass is 378 g/mol. The third-order valence-electron chi connectivity index (χ3n) is 5.02. The second kappa shape index (κ2) is 7.46. The van der Waals surface area contributed by atoms with E-state index in [1.54, 1.807) is 6.33 Å². The summed E-state index contributed by atoms with van der Waals surface area (Å²) < 4.78 is 0. The Labute approximate surface area is 165 Å². The molecule has 0 saturated carbocycles. The molecule has 1 aliphatic rings. The fourth-order valence-electron chi connectivity index (χ4n) is 3.51. The van der Waals surface area contributed by atoms with Crippen molar-refractivity contribution in [2.75, 3.05) is 74.0 Å². The smallest absolute Gasteiger partial charge is 0.226 e. The fraction of sp³-hybridized carbons (Fsp3) is 0.400. The van der Waals surface area contributed by atoms with Crippen molar-refractivity contribution in [3.63, 3.8) is 0 Å². The maximum atomic E-state index is 4.67. The molecule has 0 unspecified atom stereocenters. The topological polar surface area (TPSA) is 64.5 Å². The summed E-state index contributed by atoms with van der Waals surface area (Å²) in [6.45, 7) is 3.73. The van der Waals surface area contributed by atoms with Crippen LogP contribution < -0.4 is 19.6 Å². The van der Waals surface area contributed by atoms with Crippen LogP contribution in [0, 0.1) is 0 Å². The van der Waals surface area contributed by atoms with Crippen LogP contribution >= 0.6 is 0 Å². The molecule has 0 spiro atoms. The van der Waals surface area contributed by atoms with Gasteiger partial charge in [-0.15, -0.1) is 0 Å². The molecular weight excluding hydrogens is 352 g/mol. The first kappa shape index (κ1) is 18.2. The van der Waals surface area contributed by atoms with Crippen molar-refractivity contribution < 1.29 is 0 Å². The van der Waals surface area contributed by atoms with Crippen molar-refractivity contribution in [1.82, 2.24) is 19.9 Å². The molecule has 4 rings (SSSR count). The second-order valence-corrected chi connectivity index (χ2v) is 7.38. The Morgan fingerprint density at radius 2 is 1.57 bits per heavy atom. The highest BCUT2D eigenvalue weighted by Crippen LogP contribution is 2.27. The maximum Gasteiger partial charge on any atom is 0.226 e. The van der Waals surface area contributed by atoms with Crippen LogP contribution in [-0.4, -0.2) is 74.3 Å². The van der Waals surface area contributed by atoms with Crippen molar-refractivity contribution in [2.45, 2.75) is 0 Å². The van der Waals surface area contributed by atoms with Crippen LogP contribution in [0.4, 0.5) is 23.3 Å². The molecule has 0 aliphatic carbocycles. The molecule has 0 bridgehead atoms.